The molecule has 1 fully saturated rings. The number of likely N-dealkylation sites (tertiary alicyclic amines) is 1. The van der Waals surface area contributed by atoms with E-state index >= 15 is 0 Å². The number of carbonyl (C=O) groups is 2. The summed E-state index contributed by atoms with van der Waals surface area (Å²) < 4.78 is 5.22. The molecule has 2 amide bonds. The average molecular weight is 444 g/mol. The Morgan fingerprint density at radius 2 is 1.79 bits per heavy atom. The molecule has 6 heteroatoms. The van der Waals surface area contributed by atoms with Crippen molar-refractivity contribution in [3.63, 3.8) is 0 Å². The van der Waals surface area contributed by atoms with Crippen molar-refractivity contribution in [2.45, 2.75) is 25.7 Å². The van der Waals surface area contributed by atoms with Crippen LogP contribution in [0.3, 0.4) is 0 Å². The van der Waals surface area contributed by atoms with Crippen LogP contribution in [0.15, 0.2) is 73.1 Å². The van der Waals surface area contributed by atoms with Gasteiger partial charge in [-0.2, -0.15) is 0 Å². The molecule has 0 radical (unpaired) electrons. The van der Waals surface area contributed by atoms with E-state index in [1.54, 1.807) is 49.7 Å². The Morgan fingerprint density at radius 1 is 1.03 bits per heavy atom. The molecular formula is C27H29N3O3. The maximum Gasteiger partial charge on any atom is 0.257 e. The lowest BCUT2D eigenvalue weighted by Crippen LogP contribution is -2.38. The first-order valence-corrected chi connectivity index (χ1v) is 11.4. The zero-order chi connectivity index (χ0) is 23.0. The number of hydrogen-bond donors (Lipinski definition) is 1. The van der Waals surface area contributed by atoms with E-state index in [2.05, 4.69) is 22.4 Å². The predicted molar refractivity (Wildman–Crippen MR) is 129 cm³/mol. The maximum absolute atomic E-state index is 13.0. The van der Waals surface area contributed by atoms with Gasteiger partial charge in [-0.05, 0) is 79.6 Å². The van der Waals surface area contributed by atoms with Crippen molar-refractivity contribution in [1.29, 1.82) is 0 Å². The molecule has 0 unspecified atom stereocenters. The molecule has 1 saturated heterocycles. The number of amides is 2. The van der Waals surface area contributed by atoms with Gasteiger partial charge >= 0.3 is 0 Å². The van der Waals surface area contributed by atoms with Crippen LogP contribution >= 0.6 is 0 Å². The summed E-state index contributed by atoms with van der Waals surface area (Å²) in [7, 11) is 1.68. The van der Waals surface area contributed by atoms with Crippen LogP contribution in [0.5, 0.6) is 5.75 Å². The monoisotopic (exact) mass is 443 g/mol. The van der Waals surface area contributed by atoms with Crippen LogP contribution in [0.25, 0.3) is 0 Å². The van der Waals surface area contributed by atoms with Crippen LogP contribution in [-0.2, 0) is 6.42 Å². The van der Waals surface area contributed by atoms with E-state index in [1.807, 2.05) is 17.0 Å². The van der Waals surface area contributed by atoms with Gasteiger partial charge in [0.05, 0.1) is 12.7 Å². The zero-order valence-electron chi connectivity index (χ0n) is 18.9. The molecule has 1 N–H and O–H groups in total. The van der Waals surface area contributed by atoms with Crippen LogP contribution in [0.4, 0.5) is 5.69 Å². The van der Waals surface area contributed by atoms with Gasteiger partial charge in [0.1, 0.15) is 5.75 Å². The summed E-state index contributed by atoms with van der Waals surface area (Å²) >= 11 is 0. The van der Waals surface area contributed by atoms with Gasteiger partial charge in [-0.1, -0.05) is 18.2 Å². The van der Waals surface area contributed by atoms with Gasteiger partial charge < -0.3 is 15.0 Å². The second-order valence-corrected chi connectivity index (χ2v) is 8.40. The number of hydrogen-bond acceptors (Lipinski definition) is 4. The first kappa shape index (κ1) is 22.5. The Hall–Kier alpha value is -3.67. The van der Waals surface area contributed by atoms with Gasteiger partial charge in [0.25, 0.3) is 11.8 Å². The van der Waals surface area contributed by atoms with Crippen molar-refractivity contribution in [3.05, 3.63) is 89.7 Å². The van der Waals surface area contributed by atoms with Gasteiger partial charge in [-0.15, -0.1) is 0 Å². The molecule has 170 valence electrons. The van der Waals surface area contributed by atoms with Crippen LogP contribution in [-0.4, -0.2) is 41.9 Å². The SMILES string of the molecule is COc1ccc(CCC2CCN(C(=O)c3cccc(NC(=O)c4cccnc4)c3)CC2)cc1. The van der Waals surface area contributed by atoms with Gasteiger partial charge in [0.2, 0.25) is 0 Å². The number of nitrogens with zero attached hydrogens (tertiary/aromatic N) is 2. The molecule has 3 aromatic rings. The molecule has 1 aromatic heterocycles. The second kappa shape index (κ2) is 10.8. The third kappa shape index (κ3) is 5.98. The molecule has 0 saturated carbocycles. The Bertz CT molecular complexity index is 1080. The number of rotatable bonds is 7. The van der Waals surface area contributed by atoms with Crippen LogP contribution in [0, 0.1) is 5.92 Å². The van der Waals surface area contributed by atoms with Crippen molar-refractivity contribution in [2.24, 2.45) is 5.92 Å². The highest BCUT2D eigenvalue weighted by molar-refractivity contribution is 6.04. The van der Waals surface area contributed by atoms with Crippen LogP contribution in [0.1, 0.15) is 45.5 Å². The number of anilines is 1. The van der Waals surface area contributed by atoms with E-state index in [0.717, 1.165) is 44.5 Å². The van der Waals surface area contributed by atoms with Gasteiger partial charge in [-0.3, -0.25) is 14.6 Å². The van der Waals surface area contributed by atoms with E-state index < -0.39 is 0 Å². The molecule has 1 aliphatic rings. The molecule has 2 aromatic carbocycles. The molecule has 6 nitrogen and oxygen atoms in total. The van der Waals surface area contributed by atoms with Crippen molar-refractivity contribution in [2.75, 3.05) is 25.5 Å². The number of ether oxygens (including phenoxy) is 1. The number of pyridine rings is 1. The zero-order valence-corrected chi connectivity index (χ0v) is 18.9. The average Bonchev–Trinajstić information content (AvgIpc) is 2.88. The molecule has 0 spiro atoms. The van der Waals surface area contributed by atoms with E-state index in [-0.39, 0.29) is 11.8 Å². The Kier molecular flexibility index (Phi) is 7.35. The maximum atomic E-state index is 13.0. The number of aromatic nitrogens is 1. The molecule has 0 bridgehead atoms. The van der Waals surface area contributed by atoms with Crippen molar-refractivity contribution in [3.8, 4) is 5.75 Å². The highest BCUT2D eigenvalue weighted by atomic mass is 16.5. The minimum Gasteiger partial charge on any atom is -0.497 e. The largest absolute Gasteiger partial charge is 0.497 e. The highest BCUT2D eigenvalue weighted by Gasteiger charge is 2.23. The summed E-state index contributed by atoms with van der Waals surface area (Å²) in [6.07, 6.45) is 7.34. The lowest BCUT2D eigenvalue weighted by molar-refractivity contribution is 0.0686. The van der Waals surface area contributed by atoms with Crippen molar-refractivity contribution in [1.82, 2.24) is 9.88 Å². The number of piperidine rings is 1. The minimum atomic E-state index is -0.245. The summed E-state index contributed by atoms with van der Waals surface area (Å²) in [4.78, 5) is 31.3. The normalized spacial score (nSPS) is 14.0. The number of carbonyl (C=O) groups excluding carboxylic acids is 2. The molecule has 0 atom stereocenters. The lowest BCUT2D eigenvalue weighted by atomic mass is 9.90. The fourth-order valence-corrected chi connectivity index (χ4v) is 4.20. The molecule has 33 heavy (non-hydrogen) atoms. The van der Waals surface area contributed by atoms with Crippen molar-refractivity contribution < 1.29 is 14.3 Å². The minimum absolute atomic E-state index is 0.0149. The molecular weight excluding hydrogens is 414 g/mol. The topological polar surface area (TPSA) is 71.5 Å². The lowest BCUT2D eigenvalue weighted by Gasteiger charge is -2.32. The number of methoxy groups -OCH3 is 1. The van der Waals surface area contributed by atoms with Gasteiger partial charge in [0, 0.05) is 36.7 Å². The Labute approximate surface area is 194 Å². The van der Waals surface area contributed by atoms with E-state index in [9.17, 15) is 9.59 Å². The number of nitrogens with one attached hydrogen (secondary N) is 1. The van der Waals surface area contributed by atoms with Gasteiger partial charge in [0.15, 0.2) is 0 Å². The molecule has 2 heterocycles. The standard InChI is InChI=1S/C27H29N3O3/c1-33-25-11-9-20(10-12-25)7-8-21-13-16-30(17-14-21)27(32)22-4-2-6-24(18-22)29-26(31)23-5-3-15-28-19-23/h2-6,9-12,15,18-19,21H,7-8,13-14,16-17H2,1H3,(H,29,31). The fourth-order valence-electron chi connectivity index (χ4n) is 4.20. The predicted octanol–water partition coefficient (Wildman–Crippen LogP) is 4.83. The van der Waals surface area contributed by atoms with E-state index in [1.165, 1.54) is 11.8 Å². The number of aryl methyl sites for hydroxylation is 1. The van der Waals surface area contributed by atoms with Crippen LogP contribution in [0.2, 0.25) is 0 Å². The summed E-state index contributed by atoms with van der Waals surface area (Å²) in [5, 5.41) is 2.85. The Balaban J connectivity index is 1.28. The fraction of sp³-hybridized carbons (Fsp3) is 0.296. The summed E-state index contributed by atoms with van der Waals surface area (Å²) in [5.41, 5.74) is 2.99. The Morgan fingerprint density at radius 3 is 2.48 bits per heavy atom. The smallest absolute Gasteiger partial charge is 0.257 e. The first-order valence-electron chi connectivity index (χ1n) is 11.4. The third-order valence-electron chi connectivity index (χ3n) is 6.19. The quantitative estimate of drug-likeness (QED) is 0.568. The molecule has 0 aliphatic carbocycles. The highest BCUT2D eigenvalue weighted by Crippen LogP contribution is 2.25. The molecule has 1 aliphatic heterocycles. The first-order chi connectivity index (χ1) is 16.1. The van der Waals surface area contributed by atoms with Gasteiger partial charge in [-0.25, -0.2) is 0 Å². The third-order valence-corrected chi connectivity index (χ3v) is 6.19. The summed E-state index contributed by atoms with van der Waals surface area (Å²) in [6.45, 7) is 1.52. The van der Waals surface area contributed by atoms with E-state index in [0.29, 0.717) is 22.7 Å². The summed E-state index contributed by atoms with van der Waals surface area (Å²) in [6, 6.07) is 18.8. The molecule has 4 rings (SSSR count). The van der Waals surface area contributed by atoms with E-state index in [4.69, 9.17) is 4.74 Å². The summed E-state index contributed by atoms with van der Waals surface area (Å²) in [5.74, 6) is 1.28. The second-order valence-electron chi connectivity index (χ2n) is 8.40. The number of benzene rings is 2. The van der Waals surface area contributed by atoms with Crippen LogP contribution < -0.4 is 10.1 Å². The van der Waals surface area contributed by atoms with Crippen molar-refractivity contribution >= 4 is 17.5 Å².